The number of esters is 1. The van der Waals surface area contributed by atoms with Crippen LogP contribution in [0.15, 0.2) is 46.3 Å². The van der Waals surface area contributed by atoms with E-state index >= 15 is 0 Å². The molecule has 0 N–H and O–H groups in total. The SMILES string of the molecule is CCOC(=O)c1cccc(N(CC)Cc2nc(-c3cccs3)no2)c1. The lowest BCUT2D eigenvalue weighted by atomic mass is 10.2. The standard InChI is InChI=1S/C18H19N3O3S/c1-3-21(14-8-5-7-13(11-14)18(22)23-4-2)12-16-19-17(20-24-16)15-9-6-10-25-15/h5-11H,3-4,12H2,1-2H3. The van der Waals surface area contributed by atoms with Crippen LogP contribution < -0.4 is 4.90 Å². The van der Waals surface area contributed by atoms with Gasteiger partial charge in [0.25, 0.3) is 0 Å². The Morgan fingerprint density at radius 1 is 1.28 bits per heavy atom. The van der Waals surface area contributed by atoms with Gasteiger partial charge in [-0.2, -0.15) is 4.98 Å². The first-order valence-electron chi connectivity index (χ1n) is 8.09. The van der Waals surface area contributed by atoms with E-state index in [1.54, 1.807) is 24.3 Å². The fourth-order valence-corrected chi connectivity index (χ4v) is 3.07. The lowest BCUT2D eigenvalue weighted by Gasteiger charge is -2.21. The van der Waals surface area contributed by atoms with Crippen molar-refractivity contribution in [3.63, 3.8) is 0 Å². The van der Waals surface area contributed by atoms with Gasteiger partial charge in [0.15, 0.2) is 0 Å². The Bertz CT molecular complexity index is 830. The molecule has 3 aromatic rings. The van der Waals surface area contributed by atoms with Crippen LogP contribution in [0.3, 0.4) is 0 Å². The summed E-state index contributed by atoms with van der Waals surface area (Å²) in [6.07, 6.45) is 0. The highest BCUT2D eigenvalue weighted by molar-refractivity contribution is 7.13. The molecule has 6 nitrogen and oxygen atoms in total. The van der Waals surface area contributed by atoms with E-state index in [0.717, 1.165) is 17.1 Å². The van der Waals surface area contributed by atoms with Crippen molar-refractivity contribution in [1.82, 2.24) is 10.1 Å². The number of ether oxygens (including phenoxy) is 1. The molecular formula is C18H19N3O3S. The second-order valence-electron chi connectivity index (χ2n) is 5.27. The smallest absolute Gasteiger partial charge is 0.338 e. The second-order valence-corrected chi connectivity index (χ2v) is 6.22. The fraction of sp³-hybridized carbons (Fsp3) is 0.278. The molecule has 3 rings (SSSR count). The number of benzene rings is 1. The first-order chi connectivity index (χ1) is 12.2. The van der Waals surface area contributed by atoms with Crippen LogP contribution in [-0.2, 0) is 11.3 Å². The summed E-state index contributed by atoms with van der Waals surface area (Å²) in [6, 6.07) is 11.3. The number of rotatable bonds is 7. The molecule has 1 aromatic carbocycles. The van der Waals surface area contributed by atoms with E-state index in [-0.39, 0.29) is 5.97 Å². The zero-order valence-corrected chi connectivity index (χ0v) is 15.0. The number of hydrogen-bond acceptors (Lipinski definition) is 7. The largest absolute Gasteiger partial charge is 0.462 e. The predicted octanol–water partition coefficient (Wildman–Crippen LogP) is 4.00. The molecule has 0 aliphatic heterocycles. The van der Waals surface area contributed by atoms with Crippen LogP contribution in [0.5, 0.6) is 0 Å². The van der Waals surface area contributed by atoms with Crippen molar-refractivity contribution >= 4 is 23.0 Å². The highest BCUT2D eigenvalue weighted by Crippen LogP contribution is 2.23. The molecule has 25 heavy (non-hydrogen) atoms. The molecule has 0 saturated heterocycles. The molecule has 0 amide bonds. The summed E-state index contributed by atoms with van der Waals surface area (Å²) < 4.78 is 10.4. The van der Waals surface area contributed by atoms with Crippen LogP contribution in [0.4, 0.5) is 5.69 Å². The van der Waals surface area contributed by atoms with Gasteiger partial charge in [0.2, 0.25) is 11.7 Å². The second kappa shape index (κ2) is 7.94. The highest BCUT2D eigenvalue weighted by atomic mass is 32.1. The van der Waals surface area contributed by atoms with Gasteiger partial charge >= 0.3 is 5.97 Å². The molecule has 2 aromatic heterocycles. The average molecular weight is 357 g/mol. The summed E-state index contributed by atoms with van der Waals surface area (Å²) in [6.45, 7) is 5.40. The van der Waals surface area contributed by atoms with Crippen LogP contribution in [0.25, 0.3) is 10.7 Å². The number of hydrogen-bond donors (Lipinski definition) is 0. The Labute approximate surface area is 150 Å². The number of anilines is 1. The minimum atomic E-state index is -0.321. The molecule has 0 radical (unpaired) electrons. The van der Waals surface area contributed by atoms with Crippen molar-refractivity contribution in [2.45, 2.75) is 20.4 Å². The topological polar surface area (TPSA) is 68.5 Å². The first kappa shape index (κ1) is 17.2. The Kier molecular flexibility index (Phi) is 5.45. The monoisotopic (exact) mass is 357 g/mol. The molecule has 0 fully saturated rings. The maximum Gasteiger partial charge on any atom is 0.338 e. The normalized spacial score (nSPS) is 10.6. The van der Waals surface area contributed by atoms with Gasteiger partial charge in [-0.3, -0.25) is 0 Å². The number of carbonyl (C=O) groups is 1. The van der Waals surface area contributed by atoms with E-state index in [1.807, 2.05) is 42.6 Å². The van der Waals surface area contributed by atoms with E-state index < -0.39 is 0 Å². The van der Waals surface area contributed by atoms with E-state index in [4.69, 9.17) is 9.26 Å². The summed E-state index contributed by atoms with van der Waals surface area (Å²) in [5, 5.41) is 6.01. The lowest BCUT2D eigenvalue weighted by molar-refractivity contribution is 0.0526. The Balaban J connectivity index is 1.77. The minimum absolute atomic E-state index is 0.321. The third-order valence-electron chi connectivity index (χ3n) is 3.64. The molecule has 0 atom stereocenters. The molecule has 7 heteroatoms. The molecule has 0 aliphatic carbocycles. The number of thiophene rings is 1. The van der Waals surface area contributed by atoms with Gasteiger partial charge in [-0.25, -0.2) is 4.79 Å². The van der Waals surface area contributed by atoms with Gasteiger partial charge in [0.1, 0.15) is 0 Å². The van der Waals surface area contributed by atoms with Gasteiger partial charge in [-0.1, -0.05) is 17.3 Å². The van der Waals surface area contributed by atoms with Crippen LogP contribution >= 0.6 is 11.3 Å². The molecule has 0 spiro atoms. The van der Waals surface area contributed by atoms with Gasteiger partial charge < -0.3 is 14.2 Å². The quantitative estimate of drug-likeness (QED) is 0.595. The predicted molar refractivity (Wildman–Crippen MR) is 96.7 cm³/mol. The van der Waals surface area contributed by atoms with Crippen LogP contribution in [0, 0.1) is 0 Å². The molecule has 130 valence electrons. The Hall–Kier alpha value is -2.67. The molecule has 0 bridgehead atoms. The zero-order valence-electron chi connectivity index (χ0n) is 14.1. The summed E-state index contributed by atoms with van der Waals surface area (Å²) in [7, 11) is 0. The first-order valence-corrected chi connectivity index (χ1v) is 8.97. The Morgan fingerprint density at radius 3 is 2.88 bits per heavy atom. The van der Waals surface area contributed by atoms with Crippen molar-refractivity contribution in [2.24, 2.45) is 0 Å². The third-order valence-corrected chi connectivity index (χ3v) is 4.51. The van der Waals surface area contributed by atoms with Gasteiger partial charge in [0.05, 0.1) is 23.6 Å². The van der Waals surface area contributed by atoms with E-state index in [0.29, 0.717) is 30.4 Å². The number of carbonyl (C=O) groups excluding carboxylic acids is 1. The fourth-order valence-electron chi connectivity index (χ4n) is 2.42. The summed E-state index contributed by atoms with van der Waals surface area (Å²) >= 11 is 1.57. The van der Waals surface area contributed by atoms with Gasteiger partial charge in [-0.15, -0.1) is 11.3 Å². The van der Waals surface area contributed by atoms with Crippen LogP contribution in [0.1, 0.15) is 30.1 Å². The van der Waals surface area contributed by atoms with Crippen LogP contribution in [-0.4, -0.2) is 29.3 Å². The zero-order chi connectivity index (χ0) is 17.6. The average Bonchev–Trinajstić information content (AvgIpc) is 3.31. The maximum absolute atomic E-state index is 11.9. The molecule has 0 aliphatic rings. The van der Waals surface area contributed by atoms with Crippen LogP contribution in [0.2, 0.25) is 0 Å². The third kappa shape index (κ3) is 4.06. The van der Waals surface area contributed by atoms with E-state index in [9.17, 15) is 4.79 Å². The summed E-state index contributed by atoms with van der Waals surface area (Å²) in [5.74, 6) is 0.811. The minimum Gasteiger partial charge on any atom is -0.462 e. The molecule has 0 saturated carbocycles. The molecule has 0 unspecified atom stereocenters. The van der Waals surface area contributed by atoms with Crippen molar-refractivity contribution in [2.75, 3.05) is 18.1 Å². The lowest BCUT2D eigenvalue weighted by Crippen LogP contribution is -2.22. The van der Waals surface area contributed by atoms with Crippen molar-refractivity contribution < 1.29 is 14.1 Å². The molecular weight excluding hydrogens is 338 g/mol. The van der Waals surface area contributed by atoms with E-state index in [2.05, 4.69) is 15.0 Å². The van der Waals surface area contributed by atoms with E-state index in [1.165, 1.54) is 0 Å². The Morgan fingerprint density at radius 2 is 2.16 bits per heavy atom. The highest BCUT2D eigenvalue weighted by Gasteiger charge is 2.15. The number of nitrogens with zero attached hydrogens (tertiary/aromatic N) is 3. The number of aromatic nitrogens is 2. The van der Waals surface area contributed by atoms with Crippen molar-refractivity contribution in [3.8, 4) is 10.7 Å². The molecule has 2 heterocycles. The summed E-state index contributed by atoms with van der Waals surface area (Å²) in [4.78, 5) is 19.4. The van der Waals surface area contributed by atoms with Gasteiger partial charge in [0, 0.05) is 12.2 Å². The van der Waals surface area contributed by atoms with Crippen molar-refractivity contribution in [1.29, 1.82) is 0 Å². The van der Waals surface area contributed by atoms with Gasteiger partial charge in [-0.05, 0) is 43.5 Å². The van der Waals surface area contributed by atoms with Crippen molar-refractivity contribution in [3.05, 3.63) is 53.2 Å². The summed E-state index contributed by atoms with van der Waals surface area (Å²) in [5.41, 5.74) is 1.44. The maximum atomic E-state index is 11.9.